The van der Waals surface area contributed by atoms with Crippen LogP contribution < -0.4 is 5.73 Å². The van der Waals surface area contributed by atoms with E-state index in [0.29, 0.717) is 5.92 Å². The molecule has 1 saturated carbocycles. The normalized spacial score (nSPS) is 29.7. The summed E-state index contributed by atoms with van der Waals surface area (Å²) in [6, 6.07) is 2.36. The summed E-state index contributed by atoms with van der Waals surface area (Å²) in [7, 11) is 0. The Morgan fingerprint density at radius 2 is 1.85 bits per heavy atom. The van der Waals surface area contributed by atoms with Crippen LogP contribution in [0.2, 0.25) is 0 Å². The van der Waals surface area contributed by atoms with Gasteiger partial charge in [0.2, 0.25) is 0 Å². The average molecular weight is 180 g/mol. The zero-order valence-corrected chi connectivity index (χ0v) is 8.71. The molecule has 0 aromatic carbocycles. The van der Waals surface area contributed by atoms with Gasteiger partial charge in [0, 0.05) is 11.5 Å². The lowest BCUT2D eigenvalue weighted by molar-refractivity contribution is 0.257. The Balaban J connectivity index is 2.30. The predicted molar refractivity (Wildman–Crippen MR) is 53.9 cm³/mol. The van der Waals surface area contributed by atoms with Gasteiger partial charge in [-0.3, -0.25) is 0 Å². The fraction of sp³-hybridized carbons (Fsp3) is 0.909. The summed E-state index contributed by atoms with van der Waals surface area (Å²) in [5.41, 5.74) is 5.93. The first-order chi connectivity index (χ1) is 6.01. The van der Waals surface area contributed by atoms with Crippen molar-refractivity contribution in [3.63, 3.8) is 0 Å². The van der Waals surface area contributed by atoms with Crippen molar-refractivity contribution in [1.82, 2.24) is 0 Å². The number of nitriles is 1. The predicted octanol–water partition coefficient (Wildman–Crippen LogP) is 2.44. The molecule has 0 aromatic heterocycles. The second-order valence-electron chi connectivity index (χ2n) is 5.04. The molecule has 0 aromatic rings. The standard InChI is InChI=1S/C11H20N2/c1-11(2,13)7-9-3-5-10(8-12)6-4-9/h9-10H,3-7,13H2,1-2H3. The topological polar surface area (TPSA) is 49.8 Å². The van der Waals surface area contributed by atoms with Crippen LogP contribution in [-0.2, 0) is 0 Å². The maximum Gasteiger partial charge on any atom is 0.0655 e. The third-order valence-electron chi connectivity index (χ3n) is 2.84. The molecular weight excluding hydrogens is 160 g/mol. The number of rotatable bonds is 2. The molecule has 0 saturated heterocycles. The molecule has 0 atom stereocenters. The Kier molecular flexibility index (Phi) is 3.33. The van der Waals surface area contributed by atoms with Crippen LogP contribution in [0.3, 0.4) is 0 Å². The molecular formula is C11H20N2. The Labute approximate surface area is 81.1 Å². The molecule has 1 fully saturated rings. The first-order valence-corrected chi connectivity index (χ1v) is 5.20. The third-order valence-corrected chi connectivity index (χ3v) is 2.84. The van der Waals surface area contributed by atoms with Crippen molar-refractivity contribution in [3.8, 4) is 6.07 Å². The van der Waals surface area contributed by atoms with Gasteiger partial charge in [-0.15, -0.1) is 0 Å². The Morgan fingerprint density at radius 3 is 2.23 bits per heavy atom. The molecule has 1 rings (SSSR count). The van der Waals surface area contributed by atoms with Gasteiger partial charge in [-0.2, -0.15) is 5.26 Å². The van der Waals surface area contributed by atoms with Crippen molar-refractivity contribution in [1.29, 1.82) is 5.26 Å². The largest absolute Gasteiger partial charge is 0.326 e. The quantitative estimate of drug-likeness (QED) is 0.709. The molecule has 0 heterocycles. The van der Waals surface area contributed by atoms with Crippen LogP contribution in [0.25, 0.3) is 0 Å². The number of hydrogen-bond acceptors (Lipinski definition) is 2. The SMILES string of the molecule is CC(C)(N)CC1CCC(C#N)CC1. The van der Waals surface area contributed by atoms with Gasteiger partial charge in [0.25, 0.3) is 0 Å². The molecule has 0 aliphatic heterocycles. The highest BCUT2D eigenvalue weighted by Crippen LogP contribution is 2.32. The van der Waals surface area contributed by atoms with E-state index in [0.717, 1.165) is 25.2 Å². The molecule has 0 radical (unpaired) electrons. The summed E-state index contributed by atoms with van der Waals surface area (Å²) >= 11 is 0. The summed E-state index contributed by atoms with van der Waals surface area (Å²) in [6.07, 6.45) is 5.65. The van der Waals surface area contributed by atoms with Gasteiger partial charge in [-0.1, -0.05) is 0 Å². The molecule has 0 unspecified atom stereocenters. The molecule has 2 heteroatoms. The highest BCUT2D eigenvalue weighted by Gasteiger charge is 2.24. The smallest absolute Gasteiger partial charge is 0.0655 e. The van der Waals surface area contributed by atoms with E-state index in [2.05, 4.69) is 19.9 Å². The zero-order valence-electron chi connectivity index (χ0n) is 8.71. The van der Waals surface area contributed by atoms with Gasteiger partial charge >= 0.3 is 0 Å². The van der Waals surface area contributed by atoms with Gasteiger partial charge < -0.3 is 5.73 Å². The van der Waals surface area contributed by atoms with Crippen molar-refractivity contribution in [3.05, 3.63) is 0 Å². The minimum absolute atomic E-state index is 0.0376. The van der Waals surface area contributed by atoms with Crippen LogP contribution in [0, 0.1) is 23.2 Å². The Bertz CT molecular complexity index is 189. The van der Waals surface area contributed by atoms with Crippen molar-refractivity contribution in [2.45, 2.75) is 51.5 Å². The minimum atomic E-state index is -0.0376. The molecule has 0 bridgehead atoms. The maximum atomic E-state index is 8.74. The highest BCUT2D eigenvalue weighted by molar-refractivity contribution is 4.88. The van der Waals surface area contributed by atoms with E-state index < -0.39 is 0 Å². The van der Waals surface area contributed by atoms with E-state index >= 15 is 0 Å². The van der Waals surface area contributed by atoms with E-state index in [-0.39, 0.29) is 5.54 Å². The summed E-state index contributed by atoms with van der Waals surface area (Å²) in [4.78, 5) is 0. The van der Waals surface area contributed by atoms with Crippen molar-refractivity contribution in [2.75, 3.05) is 0 Å². The van der Waals surface area contributed by atoms with Crippen LogP contribution in [0.1, 0.15) is 46.0 Å². The summed E-state index contributed by atoms with van der Waals surface area (Å²) < 4.78 is 0. The monoisotopic (exact) mass is 180 g/mol. The molecule has 0 amide bonds. The van der Waals surface area contributed by atoms with Gasteiger partial charge in [-0.25, -0.2) is 0 Å². The second kappa shape index (κ2) is 4.11. The van der Waals surface area contributed by atoms with Gasteiger partial charge in [0.15, 0.2) is 0 Å². The average Bonchev–Trinajstić information content (AvgIpc) is 2.03. The molecule has 1 aliphatic rings. The lowest BCUT2D eigenvalue weighted by Gasteiger charge is -2.30. The summed E-state index contributed by atoms with van der Waals surface area (Å²) in [5.74, 6) is 1.07. The number of nitrogens with zero attached hydrogens (tertiary/aromatic N) is 1. The van der Waals surface area contributed by atoms with Gasteiger partial charge in [0.1, 0.15) is 0 Å². The first kappa shape index (κ1) is 10.5. The second-order valence-corrected chi connectivity index (χ2v) is 5.04. The fourth-order valence-corrected chi connectivity index (χ4v) is 2.24. The zero-order chi connectivity index (χ0) is 9.90. The molecule has 0 spiro atoms. The highest BCUT2D eigenvalue weighted by atomic mass is 14.7. The fourth-order valence-electron chi connectivity index (χ4n) is 2.24. The van der Waals surface area contributed by atoms with E-state index in [1.165, 1.54) is 12.8 Å². The molecule has 1 aliphatic carbocycles. The van der Waals surface area contributed by atoms with E-state index in [1.807, 2.05) is 0 Å². The maximum absolute atomic E-state index is 8.74. The Morgan fingerprint density at radius 1 is 1.31 bits per heavy atom. The van der Waals surface area contributed by atoms with Crippen LogP contribution in [0.5, 0.6) is 0 Å². The van der Waals surface area contributed by atoms with E-state index in [4.69, 9.17) is 11.0 Å². The summed E-state index contributed by atoms with van der Waals surface area (Å²) in [5, 5.41) is 8.74. The molecule has 2 N–H and O–H groups in total. The van der Waals surface area contributed by atoms with E-state index in [9.17, 15) is 0 Å². The van der Waals surface area contributed by atoms with E-state index in [1.54, 1.807) is 0 Å². The van der Waals surface area contributed by atoms with Crippen LogP contribution >= 0.6 is 0 Å². The minimum Gasteiger partial charge on any atom is -0.326 e. The van der Waals surface area contributed by atoms with Gasteiger partial charge in [0.05, 0.1) is 6.07 Å². The van der Waals surface area contributed by atoms with Crippen LogP contribution in [0.4, 0.5) is 0 Å². The lowest BCUT2D eigenvalue weighted by atomic mass is 9.77. The first-order valence-electron chi connectivity index (χ1n) is 5.20. The van der Waals surface area contributed by atoms with Crippen LogP contribution in [0.15, 0.2) is 0 Å². The van der Waals surface area contributed by atoms with Crippen molar-refractivity contribution >= 4 is 0 Å². The molecule has 2 nitrogen and oxygen atoms in total. The third kappa shape index (κ3) is 3.78. The van der Waals surface area contributed by atoms with Crippen molar-refractivity contribution < 1.29 is 0 Å². The van der Waals surface area contributed by atoms with Crippen LogP contribution in [-0.4, -0.2) is 5.54 Å². The lowest BCUT2D eigenvalue weighted by Crippen LogP contribution is -2.35. The summed E-state index contributed by atoms with van der Waals surface area (Å²) in [6.45, 7) is 4.17. The number of hydrogen-bond donors (Lipinski definition) is 1. The Hall–Kier alpha value is -0.550. The molecule has 13 heavy (non-hydrogen) atoms. The number of nitrogens with two attached hydrogens (primary N) is 1. The van der Waals surface area contributed by atoms with Crippen molar-refractivity contribution in [2.24, 2.45) is 17.6 Å². The molecule has 74 valence electrons. The van der Waals surface area contributed by atoms with Gasteiger partial charge in [-0.05, 0) is 51.9 Å².